The Bertz CT molecular complexity index is 276. The number of sulfone groups is 1. The van der Waals surface area contributed by atoms with Gasteiger partial charge in [0.15, 0.2) is 9.84 Å². The van der Waals surface area contributed by atoms with E-state index in [1.807, 2.05) is 0 Å². The van der Waals surface area contributed by atoms with Gasteiger partial charge in [-0.1, -0.05) is 26.2 Å². The van der Waals surface area contributed by atoms with Crippen molar-refractivity contribution in [1.82, 2.24) is 0 Å². The molecule has 0 saturated heterocycles. The fourth-order valence-corrected chi connectivity index (χ4v) is 3.98. The second-order valence-electron chi connectivity index (χ2n) is 4.26. The summed E-state index contributed by atoms with van der Waals surface area (Å²) in [5.41, 5.74) is 0. The maximum atomic E-state index is 13.8. The number of alkyl halides is 1. The summed E-state index contributed by atoms with van der Waals surface area (Å²) in [6, 6.07) is 0. The minimum absolute atomic E-state index is 0.0475. The van der Waals surface area contributed by atoms with Gasteiger partial charge >= 0.3 is 0 Å². The van der Waals surface area contributed by atoms with E-state index in [2.05, 4.69) is 0 Å². The zero-order valence-corrected chi connectivity index (χ0v) is 9.74. The normalized spacial score (nSPS) is 24.5. The van der Waals surface area contributed by atoms with Gasteiger partial charge in [-0.2, -0.15) is 0 Å². The minimum Gasteiger partial charge on any atom is -0.227 e. The molecule has 1 atom stereocenters. The molecule has 2 nitrogen and oxygen atoms in total. The van der Waals surface area contributed by atoms with Gasteiger partial charge in [0.1, 0.15) is 0 Å². The predicted molar refractivity (Wildman–Crippen MR) is 55.6 cm³/mol. The van der Waals surface area contributed by atoms with Gasteiger partial charge in [0.25, 0.3) is 0 Å². The monoisotopic (exact) mass is 222 g/mol. The van der Waals surface area contributed by atoms with Crippen LogP contribution in [-0.4, -0.2) is 18.7 Å². The van der Waals surface area contributed by atoms with Gasteiger partial charge in [0, 0.05) is 0 Å². The van der Waals surface area contributed by atoms with E-state index in [1.54, 1.807) is 6.92 Å². The molecule has 0 amide bonds. The van der Waals surface area contributed by atoms with Crippen molar-refractivity contribution >= 4 is 9.84 Å². The average Bonchev–Trinajstić information content (AvgIpc) is 2.19. The van der Waals surface area contributed by atoms with Gasteiger partial charge in [-0.3, -0.25) is 0 Å². The molecule has 0 radical (unpaired) electrons. The lowest BCUT2D eigenvalue weighted by molar-refractivity contribution is 0.278. The second kappa shape index (κ2) is 4.17. The molecule has 84 valence electrons. The summed E-state index contributed by atoms with van der Waals surface area (Å²) in [6.07, 6.45) is 4.25. The average molecular weight is 222 g/mol. The molecule has 4 heteroatoms. The Morgan fingerprint density at radius 3 is 2.21 bits per heavy atom. The molecule has 1 saturated carbocycles. The molecule has 0 N–H and O–H groups in total. The first-order valence-electron chi connectivity index (χ1n) is 5.34. The van der Waals surface area contributed by atoms with Crippen molar-refractivity contribution in [3.8, 4) is 0 Å². The van der Waals surface area contributed by atoms with Gasteiger partial charge in [-0.15, -0.1) is 0 Å². The standard InChI is InChI=1S/C10H19FO2S/c1-3-10(2,11)14(12,13)9-7-5-4-6-8-9/h9H,3-8H2,1-2H3. The third-order valence-corrected chi connectivity index (χ3v) is 6.04. The molecule has 0 aromatic rings. The quantitative estimate of drug-likeness (QED) is 0.736. The Kier molecular flexibility index (Phi) is 3.56. The largest absolute Gasteiger partial charge is 0.227 e. The molecule has 0 aromatic heterocycles. The highest BCUT2D eigenvalue weighted by Crippen LogP contribution is 2.33. The molecular formula is C10H19FO2S. The van der Waals surface area contributed by atoms with Crippen LogP contribution in [-0.2, 0) is 9.84 Å². The van der Waals surface area contributed by atoms with Gasteiger partial charge in [0.05, 0.1) is 5.25 Å². The maximum absolute atomic E-state index is 13.8. The topological polar surface area (TPSA) is 34.1 Å². The SMILES string of the molecule is CCC(C)(F)S(=O)(=O)C1CCCCC1. The summed E-state index contributed by atoms with van der Waals surface area (Å²) in [7, 11) is -3.58. The first-order valence-corrected chi connectivity index (χ1v) is 6.89. The molecular weight excluding hydrogens is 203 g/mol. The summed E-state index contributed by atoms with van der Waals surface area (Å²) in [4.78, 5) is 0. The van der Waals surface area contributed by atoms with Crippen LogP contribution in [0.25, 0.3) is 0 Å². The lowest BCUT2D eigenvalue weighted by atomic mass is 10.0. The van der Waals surface area contributed by atoms with E-state index in [0.717, 1.165) is 19.3 Å². The van der Waals surface area contributed by atoms with Crippen LogP contribution in [0.1, 0.15) is 52.4 Å². The summed E-state index contributed by atoms with van der Waals surface area (Å²) >= 11 is 0. The van der Waals surface area contributed by atoms with Crippen LogP contribution in [0, 0.1) is 0 Å². The highest BCUT2D eigenvalue weighted by Gasteiger charge is 2.43. The number of hydrogen-bond donors (Lipinski definition) is 0. The fourth-order valence-electron chi connectivity index (χ4n) is 1.92. The zero-order valence-electron chi connectivity index (χ0n) is 8.92. The van der Waals surface area contributed by atoms with E-state index in [9.17, 15) is 12.8 Å². The molecule has 0 aliphatic heterocycles. The molecule has 1 rings (SSSR count). The fraction of sp³-hybridized carbons (Fsp3) is 1.00. The van der Waals surface area contributed by atoms with Crippen LogP contribution in [0.5, 0.6) is 0 Å². The summed E-state index contributed by atoms with van der Waals surface area (Å²) in [6.45, 7) is 2.78. The summed E-state index contributed by atoms with van der Waals surface area (Å²) in [5, 5.41) is -2.47. The zero-order chi connectivity index (χ0) is 10.8. The Hall–Kier alpha value is -0.120. The van der Waals surface area contributed by atoms with Crippen LogP contribution >= 0.6 is 0 Å². The smallest absolute Gasteiger partial charge is 0.208 e. The van der Waals surface area contributed by atoms with Crippen molar-refractivity contribution < 1.29 is 12.8 Å². The molecule has 0 bridgehead atoms. The maximum Gasteiger partial charge on any atom is 0.208 e. The van der Waals surface area contributed by atoms with Crippen LogP contribution in [0.4, 0.5) is 4.39 Å². The third-order valence-electron chi connectivity index (χ3n) is 3.22. The first-order chi connectivity index (χ1) is 6.42. The van der Waals surface area contributed by atoms with E-state index in [0.29, 0.717) is 12.8 Å². The molecule has 0 aromatic carbocycles. The number of rotatable bonds is 3. The van der Waals surface area contributed by atoms with Crippen LogP contribution < -0.4 is 0 Å². The van der Waals surface area contributed by atoms with Crippen molar-refractivity contribution in [1.29, 1.82) is 0 Å². The van der Waals surface area contributed by atoms with Crippen LogP contribution in [0.2, 0.25) is 0 Å². The number of halogens is 1. The van der Waals surface area contributed by atoms with E-state index >= 15 is 0 Å². The van der Waals surface area contributed by atoms with Crippen LogP contribution in [0.3, 0.4) is 0 Å². The van der Waals surface area contributed by atoms with Crippen molar-refractivity contribution in [2.45, 2.75) is 62.6 Å². The third kappa shape index (κ3) is 2.10. The molecule has 1 aliphatic carbocycles. The Balaban J connectivity index is 2.83. The Labute approximate surface area is 85.8 Å². The van der Waals surface area contributed by atoms with Crippen molar-refractivity contribution in [3.63, 3.8) is 0 Å². The number of hydrogen-bond acceptors (Lipinski definition) is 2. The summed E-state index contributed by atoms with van der Waals surface area (Å²) in [5.74, 6) is 0. The molecule has 1 fully saturated rings. The molecule has 1 unspecified atom stereocenters. The Morgan fingerprint density at radius 1 is 1.29 bits per heavy atom. The van der Waals surface area contributed by atoms with Crippen molar-refractivity contribution in [2.75, 3.05) is 0 Å². The van der Waals surface area contributed by atoms with Gasteiger partial charge in [-0.05, 0) is 26.2 Å². The van der Waals surface area contributed by atoms with E-state index in [4.69, 9.17) is 0 Å². The van der Waals surface area contributed by atoms with Gasteiger partial charge in [0.2, 0.25) is 5.00 Å². The highest BCUT2D eigenvalue weighted by molar-refractivity contribution is 7.93. The Morgan fingerprint density at radius 2 is 1.79 bits per heavy atom. The molecule has 0 heterocycles. The van der Waals surface area contributed by atoms with E-state index in [-0.39, 0.29) is 6.42 Å². The van der Waals surface area contributed by atoms with Gasteiger partial charge in [-0.25, -0.2) is 12.8 Å². The van der Waals surface area contributed by atoms with Crippen molar-refractivity contribution in [2.24, 2.45) is 0 Å². The summed E-state index contributed by atoms with van der Waals surface area (Å²) < 4.78 is 37.5. The second-order valence-corrected chi connectivity index (χ2v) is 6.87. The predicted octanol–water partition coefficient (Wildman–Crippen LogP) is 2.83. The molecule has 0 spiro atoms. The minimum atomic E-state index is -3.58. The van der Waals surface area contributed by atoms with Crippen LogP contribution in [0.15, 0.2) is 0 Å². The van der Waals surface area contributed by atoms with E-state index in [1.165, 1.54) is 6.92 Å². The van der Waals surface area contributed by atoms with Crippen molar-refractivity contribution in [3.05, 3.63) is 0 Å². The molecule has 14 heavy (non-hydrogen) atoms. The lowest BCUT2D eigenvalue weighted by Crippen LogP contribution is -2.39. The highest BCUT2D eigenvalue weighted by atomic mass is 32.2. The first kappa shape index (κ1) is 12.0. The lowest BCUT2D eigenvalue weighted by Gasteiger charge is -2.28. The van der Waals surface area contributed by atoms with Gasteiger partial charge < -0.3 is 0 Å². The van der Waals surface area contributed by atoms with E-state index < -0.39 is 20.1 Å². The molecule has 1 aliphatic rings.